The number of ether oxygens (including phenoxy) is 3. The number of halogens is 1. The van der Waals surface area contributed by atoms with Crippen LogP contribution in [0.2, 0.25) is 0 Å². The van der Waals surface area contributed by atoms with Gasteiger partial charge in [-0.25, -0.2) is 4.98 Å². The number of oxazole rings is 1. The van der Waals surface area contributed by atoms with Crippen LogP contribution in [-0.2, 0) is 19.1 Å². The lowest BCUT2D eigenvalue weighted by molar-refractivity contribution is -0.145. The number of nitrogens with one attached hydrogen (secondary N) is 2. The third-order valence-corrected chi connectivity index (χ3v) is 9.88. The predicted molar refractivity (Wildman–Crippen MR) is 200 cm³/mol. The Labute approximate surface area is 326 Å². The number of esters is 1. The van der Waals surface area contributed by atoms with Gasteiger partial charge in [-0.05, 0) is 49.7 Å². The molecular formula is C39H34BrN5O11. The Balaban J connectivity index is 0.000000182. The molecule has 0 bridgehead atoms. The lowest BCUT2D eigenvalue weighted by Gasteiger charge is -2.37. The standard InChI is InChI=1S/C24H23BrN2O6.C15H11N3O5/c1-14(15-7-5-4-6-8-15)26-23(30)24(2)13-32-20-17-10-9-16(25)11-18(17)33-21(20)22(29)27(24)12-19(28)31-3;16-13(19)9-11(15-17-5-6-21-15)23-10-7-3-1-2-4-8(7)22-12(10)14(20)18-9/h4-11,14H,12-13H2,1-3H3,(H,26,30);1-6,9,11H,(H2,16,19)(H,18,20)/t14-,24+;/m0./s1. The first-order valence-electron chi connectivity index (χ1n) is 17.2. The molecule has 17 heteroatoms. The van der Waals surface area contributed by atoms with E-state index in [1.54, 1.807) is 49.4 Å². The van der Waals surface area contributed by atoms with Gasteiger partial charge in [0.15, 0.2) is 23.1 Å². The quantitative estimate of drug-likeness (QED) is 0.182. The number of nitrogens with zero attached hydrogens (tertiary/aromatic N) is 2. The van der Waals surface area contributed by atoms with E-state index in [-0.39, 0.29) is 41.6 Å². The molecule has 3 aromatic carbocycles. The second kappa shape index (κ2) is 15.3. The summed E-state index contributed by atoms with van der Waals surface area (Å²) < 4.78 is 34.0. The first kappa shape index (κ1) is 37.7. The van der Waals surface area contributed by atoms with Gasteiger partial charge < -0.3 is 48.7 Å². The molecule has 8 rings (SSSR count). The number of primary amides is 1. The number of amides is 4. The number of carbonyl (C=O) groups excluding carboxylic acids is 5. The molecule has 288 valence electrons. The molecule has 4 amide bonds. The van der Waals surface area contributed by atoms with Crippen molar-refractivity contribution in [1.82, 2.24) is 20.5 Å². The summed E-state index contributed by atoms with van der Waals surface area (Å²) in [5.74, 6) is -2.61. The summed E-state index contributed by atoms with van der Waals surface area (Å²) >= 11 is 3.38. The molecule has 6 aromatic rings. The largest absolute Gasteiger partial charge is 0.486 e. The lowest BCUT2D eigenvalue weighted by Crippen LogP contribution is -2.62. The molecule has 4 N–H and O–H groups in total. The Kier molecular flexibility index (Phi) is 10.3. The van der Waals surface area contributed by atoms with E-state index in [1.165, 1.54) is 19.6 Å². The fourth-order valence-corrected chi connectivity index (χ4v) is 6.67. The zero-order valence-electron chi connectivity index (χ0n) is 30.1. The van der Waals surface area contributed by atoms with Crippen LogP contribution in [0.5, 0.6) is 11.5 Å². The Morgan fingerprint density at radius 1 is 1.02 bits per heavy atom. The summed E-state index contributed by atoms with van der Waals surface area (Å²) in [6.07, 6.45) is 1.77. The number of para-hydroxylation sites is 1. The highest BCUT2D eigenvalue weighted by molar-refractivity contribution is 9.10. The van der Waals surface area contributed by atoms with Crippen LogP contribution in [-0.4, -0.2) is 71.3 Å². The number of hydrogen-bond donors (Lipinski definition) is 3. The summed E-state index contributed by atoms with van der Waals surface area (Å²) in [4.78, 5) is 68.5. The summed E-state index contributed by atoms with van der Waals surface area (Å²) in [7, 11) is 1.22. The molecule has 0 saturated carbocycles. The highest BCUT2D eigenvalue weighted by Gasteiger charge is 2.49. The minimum Gasteiger partial charge on any atom is -0.486 e. The molecule has 16 nitrogen and oxygen atoms in total. The van der Waals surface area contributed by atoms with Crippen LogP contribution in [0, 0.1) is 0 Å². The SMILES string of the molecule is COC(=O)CN1C(=O)c2oc3cc(Br)ccc3c2OC[C@]1(C)C(=O)N[C@@H](C)c1ccccc1.NC(=O)C1NC(=O)c2oc3ccccc3c2OC1c1ncco1. The molecule has 2 aliphatic rings. The van der Waals surface area contributed by atoms with Gasteiger partial charge in [0.1, 0.15) is 30.6 Å². The number of rotatable bonds is 7. The lowest BCUT2D eigenvalue weighted by atomic mass is 9.97. The highest BCUT2D eigenvalue weighted by atomic mass is 79.9. The number of hydrogen-bond acceptors (Lipinski definition) is 12. The molecule has 0 radical (unpaired) electrons. The molecule has 3 aromatic heterocycles. The summed E-state index contributed by atoms with van der Waals surface area (Å²) in [5, 5.41) is 6.65. The number of benzene rings is 3. The van der Waals surface area contributed by atoms with Gasteiger partial charge in [0.2, 0.25) is 35.3 Å². The van der Waals surface area contributed by atoms with Crippen molar-refractivity contribution in [3.63, 3.8) is 0 Å². The minimum absolute atomic E-state index is 0.0218. The van der Waals surface area contributed by atoms with Gasteiger partial charge in [0, 0.05) is 4.47 Å². The summed E-state index contributed by atoms with van der Waals surface area (Å²) in [6, 6.07) is 20.3. The zero-order chi connectivity index (χ0) is 39.7. The molecule has 2 unspecified atom stereocenters. The number of aromatic nitrogens is 1. The van der Waals surface area contributed by atoms with Crippen molar-refractivity contribution in [1.29, 1.82) is 0 Å². The Morgan fingerprint density at radius 2 is 1.73 bits per heavy atom. The summed E-state index contributed by atoms with van der Waals surface area (Å²) in [6.45, 7) is 2.78. The number of methoxy groups -OCH3 is 1. The molecule has 0 aliphatic carbocycles. The molecular weight excluding hydrogens is 794 g/mol. The molecule has 56 heavy (non-hydrogen) atoms. The fourth-order valence-electron chi connectivity index (χ4n) is 6.33. The zero-order valence-corrected chi connectivity index (χ0v) is 31.7. The average Bonchev–Trinajstić information content (AvgIpc) is 3.92. The van der Waals surface area contributed by atoms with Crippen LogP contribution < -0.4 is 25.8 Å². The second-order valence-electron chi connectivity index (χ2n) is 13.1. The monoisotopic (exact) mass is 827 g/mol. The van der Waals surface area contributed by atoms with Gasteiger partial charge in [0.25, 0.3) is 11.8 Å². The number of nitrogens with two attached hydrogens (primary N) is 1. The van der Waals surface area contributed by atoms with Gasteiger partial charge in [0.05, 0.1) is 30.1 Å². The minimum atomic E-state index is -1.50. The van der Waals surface area contributed by atoms with Crippen LogP contribution in [0.4, 0.5) is 0 Å². The normalized spacial score (nSPS) is 19.5. The number of fused-ring (bicyclic) bond motifs is 6. The van der Waals surface area contributed by atoms with Crippen molar-refractivity contribution < 1.29 is 51.4 Å². The average molecular weight is 829 g/mol. The maximum atomic E-state index is 13.6. The van der Waals surface area contributed by atoms with E-state index in [0.29, 0.717) is 21.9 Å². The third kappa shape index (κ3) is 7.03. The molecule has 4 atom stereocenters. The molecule has 0 fully saturated rings. The van der Waals surface area contributed by atoms with E-state index < -0.39 is 53.8 Å². The van der Waals surface area contributed by atoms with E-state index in [9.17, 15) is 24.0 Å². The fraction of sp³-hybridized carbons (Fsp3) is 0.231. The Hall–Kier alpha value is -6.62. The van der Waals surface area contributed by atoms with Crippen molar-refractivity contribution >= 4 is 67.5 Å². The predicted octanol–water partition coefficient (Wildman–Crippen LogP) is 4.98. The smallest absolute Gasteiger partial charge is 0.325 e. The van der Waals surface area contributed by atoms with Crippen LogP contribution in [0.1, 0.15) is 58.6 Å². The summed E-state index contributed by atoms with van der Waals surface area (Å²) in [5.41, 5.74) is 5.72. The van der Waals surface area contributed by atoms with Gasteiger partial charge in [-0.3, -0.25) is 24.0 Å². The van der Waals surface area contributed by atoms with Crippen molar-refractivity contribution in [3.8, 4) is 11.5 Å². The van der Waals surface area contributed by atoms with Crippen LogP contribution in [0.25, 0.3) is 21.9 Å². The van der Waals surface area contributed by atoms with Gasteiger partial charge in [-0.2, -0.15) is 0 Å². The van der Waals surface area contributed by atoms with E-state index in [2.05, 4.69) is 31.5 Å². The Bertz CT molecular complexity index is 2460. The number of furan rings is 2. The van der Waals surface area contributed by atoms with Crippen molar-refractivity contribution in [3.05, 3.63) is 113 Å². The maximum Gasteiger partial charge on any atom is 0.325 e. The first-order valence-corrected chi connectivity index (χ1v) is 18.0. The molecule has 2 aliphatic heterocycles. The van der Waals surface area contributed by atoms with Gasteiger partial charge >= 0.3 is 5.97 Å². The molecule has 5 heterocycles. The first-order chi connectivity index (χ1) is 26.9. The van der Waals surface area contributed by atoms with E-state index in [0.717, 1.165) is 14.9 Å². The van der Waals surface area contributed by atoms with Gasteiger partial charge in [-0.1, -0.05) is 58.4 Å². The van der Waals surface area contributed by atoms with Crippen molar-refractivity contribution in [2.75, 3.05) is 20.3 Å². The number of carbonyl (C=O) groups is 5. The molecule has 0 saturated heterocycles. The van der Waals surface area contributed by atoms with Crippen molar-refractivity contribution in [2.45, 2.75) is 37.6 Å². The topological polar surface area (TPSA) is 219 Å². The van der Waals surface area contributed by atoms with Gasteiger partial charge in [-0.15, -0.1) is 0 Å². The van der Waals surface area contributed by atoms with Crippen molar-refractivity contribution in [2.24, 2.45) is 5.73 Å². The maximum absolute atomic E-state index is 13.6. The van der Waals surface area contributed by atoms with E-state index in [1.807, 2.05) is 37.3 Å². The second-order valence-corrected chi connectivity index (χ2v) is 14.0. The highest BCUT2D eigenvalue weighted by Crippen LogP contribution is 2.40. The van der Waals surface area contributed by atoms with Crippen LogP contribution >= 0.6 is 15.9 Å². The van der Waals surface area contributed by atoms with E-state index >= 15 is 0 Å². The van der Waals surface area contributed by atoms with Crippen LogP contribution in [0.15, 0.2) is 103 Å². The Morgan fingerprint density at radius 3 is 2.45 bits per heavy atom. The van der Waals surface area contributed by atoms with E-state index in [4.69, 9.17) is 33.2 Å². The molecule has 0 spiro atoms. The third-order valence-electron chi connectivity index (χ3n) is 9.38. The van der Waals surface area contributed by atoms with Crippen LogP contribution in [0.3, 0.4) is 0 Å².